The Bertz CT molecular complexity index is 436. The molecule has 0 aromatic carbocycles. The third kappa shape index (κ3) is 4.40. The molecule has 0 fully saturated rings. The minimum Gasteiger partial charge on any atom is -0.373 e. The minimum atomic E-state index is 0.308. The Morgan fingerprint density at radius 1 is 1.42 bits per heavy atom. The molecule has 5 nitrogen and oxygen atoms in total. The number of nitrogens with zero attached hydrogens (tertiary/aromatic N) is 4. The SMILES string of the molecule is CCCc1nc(NC)cc(N(CCC#N)C(C)C)n1. The first-order valence-electron chi connectivity index (χ1n) is 6.81. The maximum atomic E-state index is 8.76. The van der Waals surface area contributed by atoms with Crippen LogP contribution in [-0.4, -0.2) is 29.6 Å². The summed E-state index contributed by atoms with van der Waals surface area (Å²) >= 11 is 0. The van der Waals surface area contributed by atoms with Gasteiger partial charge >= 0.3 is 0 Å². The van der Waals surface area contributed by atoms with Crippen molar-refractivity contribution in [3.05, 3.63) is 11.9 Å². The van der Waals surface area contributed by atoms with E-state index in [0.717, 1.165) is 30.3 Å². The van der Waals surface area contributed by atoms with Gasteiger partial charge in [0.25, 0.3) is 0 Å². The van der Waals surface area contributed by atoms with Gasteiger partial charge in [-0.25, -0.2) is 9.97 Å². The zero-order chi connectivity index (χ0) is 14.3. The average molecular weight is 261 g/mol. The lowest BCUT2D eigenvalue weighted by Gasteiger charge is -2.27. The Kier molecular flexibility index (Phi) is 6.07. The smallest absolute Gasteiger partial charge is 0.134 e. The summed E-state index contributed by atoms with van der Waals surface area (Å²) in [5.41, 5.74) is 0. The second-order valence-corrected chi connectivity index (χ2v) is 4.72. The van der Waals surface area contributed by atoms with Crippen LogP contribution in [-0.2, 0) is 6.42 Å². The number of aryl methyl sites for hydroxylation is 1. The molecule has 0 saturated heterocycles. The molecule has 104 valence electrons. The third-order valence-electron chi connectivity index (χ3n) is 2.87. The number of nitriles is 1. The Hall–Kier alpha value is -1.83. The van der Waals surface area contributed by atoms with E-state index in [9.17, 15) is 0 Å². The molecule has 0 amide bonds. The molecule has 0 radical (unpaired) electrons. The second kappa shape index (κ2) is 7.57. The van der Waals surface area contributed by atoms with Gasteiger partial charge < -0.3 is 10.2 Å². The maximum Gasteiger partial charge on any atom is 0.134 e. The van der Waals surface area contributed by atoms with Crippen LogP contribution in [0, 0.1) is 11.3 Å². The van der Waals surface area contributed by atoms with Gasteiger partial charge in [0.1, 0.15) is 17.5 Å². The van der Waals surface area contributed by atoms with Crippen LogP contribution in [0.2, 0.25) is 0 Å². The summed E-state index contributed by atoms with van der Waals surface area (Å²) in [5, 5.41) is 11.8. The van der Waals surface area contributed by atoms with Crippen molar-refractivity contribution in [1.29, 1.82) is 5.26 Å². The van der Waals surface area contributed by atoms with Crippen LogP contribution in [0.5, 0.6) is 0 Å². The standard InChI is InChI=1S/C14H23N5/c1-5-7-12-17-13(16-4)10-14(18-12)19(11(2)3)9-6-8-15/h10-11H,5-7,9H2,1-4H3,(H,16,17,18). The van der Waals surface area contributed by atoms with Gasteiger partial charge in [0.05, 0.1) is 12.5 Å². The Morgan fingerprint density at radius 2 is 2.16 bits per heavy atom. The van der Waals surface area contributed by atoms with E-state index >= 15 is 0 Å². The van der Waals surface area contributed by atoms with Crippen molar-refractivity contribution in [2.24, 2.45) is 0 Å². The van der Waals surface area contributed by atoms with Crippen molar-refractivity contribution in [3.8, 4) is 6.07 Å². The van der Waals surface area contributed by atoms with Crippen molar-refractivity contribution < 1.29 is 0 Å². The first-order chi connectivity index (χ1) is 9.12. The van der Waals surface area contributed by atoms with Crippen molar-refractivity contribution in [3.63, 3.8) is 0 Å². The molecule has 0 aliphatic carbocycles. The summed E-state index contributed by atoms with van der Waals surface area (Å²) in [6, 6.07) is 4.44. The van der Waals surface area contributed by atoms with E-state index in [1.54, 1.807) is 0 Å². The van der Waals surface area contributed by atoms with E-state index in [2.05, 4.69) is 47.0 Å². The highest BCUT2D eigenvalue weighted by atomic mass is 15.2. The number of rotatable bonds is 7. The van der Waals surface area contributed by atoms with Crippen LogP contribution in [0.1, 0.15) is 39.4 Å². The first kappa shape index (κ1) is 15.2. The van der Waals surface area contributed by atoms with Gasteiger partial charge in [-0.2, -0.15) is 5.26 Å². The van der Waals surface area contributed by atoms with E-state index < -0.39 is 0 Å². The molecule has 1 rings (SSSR count). The minimum absolute atomic E-state index is 0.308. The average Bonchev–Trinajstić information content (AvgIpc) is 2.39. The molecule has 19 heavy (non-hydrogen) atoms. The predicted octanol–water partition coefficient (Wildman–Crippen LogP) is 2.60. The molecule has 0 saturated carbocycles. The van der Waals surface area contributed by atoms with Crippen molar-refractivity contribution in [1.82, 2.24) is 9.97 Å². The number of nitrogens with one attached hydrogen (secondary N) is 1. The molecule has 0 aliphatic heterocycles. The molecular formula is C14H23N5. The fourth-order valence-electron chi connectivity index (χ4n) is 1.90. The van der Waals surface area contributed by atoms with Gasteiger partial charge in [0.2, 0.25) is 0 Å². The molecule has 0 unspecified atom stereocenters. The van der Waals surface area contributed by atoms with E-state index in [0.29, 0.717) is 19.0 Å². The number of anilines is 2. The Labute approximate surface area is 115 Å². The summed E-state index contributed by atoms with van der Waals surface area (Å²) in [5.74, 6) is 2.58. The highest BCUT2D eigenvalue weighted by Crippen LogP contribution is 2.19. The van der Waals surface area contributed by atoms with Crippen molar-refractivity contribution in [2.45, 2.75) is 46.1 Å². The van der Waals surface area contributed by atoms with E-state index in [4.69, 9.17) is 5.26 Å². The van der Waals surface area contributed by atoms with Gasteiger partial charge in [0.15, 0.2) is 0 Å². The van der Waals surface area contributed by atoms with Crippen molar-refractivity contribution in [2.75, 3.05) is 23.8 Å². The van der Waals surface area contributed by atoms with E-state index in [-0.39, 0.29) is 0 Å². The fraction of sp³-hybridized carbons (Fsp3) is 0.643. The summed E-state index contributed by atoms with van der Waals surface area (Å²) in [4.78, 5) is 11.2. The lowest BCUT2D eigenvalue weighted by molar-refractivity contribution is 0.671. The van der Waals surface area contributed by atoms with Crippen LogP contribution < -0.4 is 10.2 Å². The topological polar surface area (TPSA) is 64.8 Å². The zero-order valence-electron chi connectivity index (χ0n) is 12.3. The largest absolute Gasteiger partial charge is 0.373 e. The van der Waals surface area contributed by atoms with Gasteiger partial charge in [-0.15, -0.1) is 0 Å². The summed E-state index contributed by atoms with van der Waals surface area (Å²) < 4.78 is 0. The molecule has 0 spiro atoms. The highest BCUT2D eigenvalue weighted by Gasteiger charge is 2.14. The summed E-state index contributed by atoms with van der Waals surface area (Å²) in [6.07, 6.45) is 2.39. The first-order valence-corrected chi connectivity index (χ1v) is 6.81. The Balaban J connectivity index is 3.06. The molecule has 1 N–H and O–H groups in total. The quantitative estimate of drug-likeness (QED) is 0.817. The van der Waals surface area contributed by atoms with Crippen LogP contribution >= 0.6 is 0 Å². The van der Waals surface area contributed by atoms with Gasteiger partial charge in [-0.1, -0.05) is 6.92 Å². The normalized spacial score (nSPS) is 10.3. The van der Waals surface area contributed by atoms with Gasteiger partial charge in [-0.05, 0) is 20.3 Å². The molecule has 1 aromatic heterocycles. The molecule has 0 bridgehead atoms. The number of aromatic nitrogens is 2. The van der Waals surface area contributed by atoms with Crippen LogP contribution in [0.15, 0.2) is 6.07 Å². The summed E-state index contributed by atoms with van der Waals surface area (Å²) in [7, 11) is 1.86. The highest BCUT2D eigenvalue weighted by molar-refractivity contribution is 5.49. The third-order valence-corrected chi connectivity index (χ3v) is 2.87. The molecule has 5 heteroatoms. The lowest BCUT2D eigenvalue weighted by atomic mass is 10.2. The van der Waals surface area contributed by atoms with Crippen LogP contribution in [0.25, 0.3) is 0 Å². The Morgan fingerprint density at radius 3 is 2.68 bits per heavy atom. The number of hydrogen-bond acceptors (Lipinski definition) is 5. The monoisotopic (exact) mass is 261 g/mol. The fourth-order valence-corrected chi connectivity index (χ4v) is 1.90. The summed E-state index contributed by atoms with van der Waals surface area (Å²) in [6.45, 7) is 7.03. The van der Waals surface area contributed by atoms with Crippen molar-refractivity contribution >= 4 is 11.6 Å². The lowest BCUT2D eigenvalue weighted by Crippen LogP contribution is -2.32. The zero-order valence-corrected chi connectivity index (χ0v) is 12.3. The van der Waals surface area contributed by atoms with E-state index in [1.807, 2.05) is 13.1 Å². The molecule has 0 aliphatic rings. The van der Waals surface area contributed by atoms with Crippen LogP contribution in [0.4, 0.5) is 11.6 Å². The number of hydrogen-bond donors (Lipinski definition) is 1. The predicted molar refractivity (Wildman–Crippen MR) is 78.3 cm³/mol. The van der Waals surface area contributed by atoms with Gasteiger partial charge in [-0.3, -0.25) is 0 Å². The molecule has 0 atom stereocenters. The maximum absolute atomic E-state index is 8.76. The second-order valence-electron chi connectivity index (χ2n) is 4.72. The van der Waals surface area contributed by atoms with Crippen LogP contribution in [0.3, 0.4) is 0 Å². The van der Waals surface area contributed by atoms with E-state index in [1.165, 1.54) is 0 Å². The molecular weight excluding hydrogens is 238 g/mol. The molecule has 1 aromatic rings. The van der Waals surface area contributed by atoms with Gasteiger partial charge in [0, 0.05) is 32.1 Å². The molecule has 1 heterocycles.